The van der Waals surface area contributed by atoms with Crippen LogP contribution in [0.1, 0.15) is 19.8 Å². The van der Waals surface area contributed by atoms with Crippen molar-refractivity contribution in [1.29, 1.82) is 0 Å². The van der Waals surface area contributed by atoms with Gasteiger partial charge >= 0.3 is 0 Å². The summed E-state index contributed by atoms with van der Waals surface area (Å²) < 4.78 is 5.69. The molecule has 3 rings (SSSR count). The molecule has 23 heavy (non-hydrogen) atoms. The van der Waals surface area contributed by atoms with E-state index in [1.165, 1.54) is 0 Å². The van der Waals surface area contributed by atoms with Gasteiger partial charge in [-0.1, -0.05) is 6.92 Å². The minimum absolute atomic E-state index is 0.0250. The first-order valence-corrected chi connectivity index (χ1v) is 8.59. The number of rotatable bonds is 2. The van der Waals surface area contributed by atoms with Crippen LogP contribution in [0.15, 0.2) is 0 Å². The van der Waals surface area contributed by atoms with Crippen LogP contribution in [0.2, 0.25) is 0 Å². The van der Waals surface area contributed by atoms with Gasteiger partial charge in [0.25, 0.3) is 0 Å². The van der Waals surface area contributed by atoms with Gasteiger partial charge in [0.05, 0.1) is 6.61 Å². The highest BCUT2D eigenvalue weighted by Gasteiger charge is 2.52. The summed E-state index contributed by atoms with van der Waals surface area (Å²) in [4.78, 5) is 30.7. The van der Waals surface area contributed by atoms with Gasteiger partial charge in [-0.05, 0) is 32.9 Å². The summed E-state index contributed by atoms with van der Waals surface area (Å²) in [5.74, 6) is 1.20. The highest BCUT2D eigenvalue weighted by molar-refractivity contribution is 5.80. The lowest BCUT2D eigenvalue weighted by atomic mass is 9.75. The van der Waals surface area contributed by atoms with Crippen LogP contribution >= 0.6 is 0 Å². The number of amides is 2. The van der Waals surface area contributed by atoms with E-state index in [1.54, 1.807) is 4.90 Å². The Kier molecular flexibility index (Phi) is 4.40. The second kappa shape index (κ2) is 6.06. The fraction of sp³-hybridized carbons (Fsp3) is 0.882. The summed E-state index contributed by atoms with van der Waals surface area (Å²) in [6.07, 6.45) is 2.04. The molecule has 2 saturated heterocycles. The van der Waals surface area contributed by atoms with Gasteiger partial charge in [-0.3, -0.25) is 9.59 Å². The van der Waals surface area contributed by atoms with Crippen LogP contribution in [0, 0.1) is 17.3 Å². The molecule has 0 radical (unpaired) electrons. The molecule has 0 aromatic carbocycles. The second-order valence-electron chi connectivity index (χ2n) is 8.08. The quantitative estimate of drug-likeness (QED) is 0.732. The predicted molar refractivity (Wildman–Crippen MR) is 86.8 cm³/mol. The van der Waals surface area contributed by atoms with Gasteiger partial charge in [0.1, 0.15) is 6.61 Å². The molecule has 6 nitrogen and oxygen atoms in total. The van der Waals surface area contributed by atoms with Gasteiger partial charge in [0.2, 0.25) is 11.8 Å². The molecule has 2 aliphatic heterocycles. The summed E-state index contributed by atoms with van der Waals surface area (Å²) in [5, 5.41) is 0. The summed E-state index contributed by atoms with van der Waals surface area (Å²) in [6.45, 7) is 4.97. The molecule has 0 bridgehead atoms. The van der Waals surface area contributed by atoms with Crippen LogP contribution in [0.25, 0.3) is 0 Å². The molecule has 1 saturated carbocycles. The van der Waals surface area contributed by atoms with Crippen molar-refractivity contribution in [3.05, 3.63) is 0 Å². The summed E-state index contributed by atoms with van der Waals surface area (Å²) in [6, 6.07) is 0.220. The van der Waals surface area contributed by atoms with Crippen LogP contribution in [-0.2, 0) is 14.3 Å². The van der Waals surface area contributed by atoms with E-state index in [9.17, 15) is 9.59 Å². The van der Waals surface area contributed by atoms with Gasteiger partial charge in [0.15, 0.2) is 0 Å². The lowest BCUT2D eigenvalue weighted by Gasteiger charge is -2.38. The molecule has 1 spiro atoms. The van der Waals surface area contributed by atoms with E-state index in [0.717, 1.165) is 19.4 Å². The highest BCUT2D eigenvalue weighted by Crippen LogP contribution is 2.40. The molecule has 2 atom stereocenters. The van der Waals surface area contributed by atoms with Crippen molar-refractivity contribution in [2.24, 2.45) is 17.3 Å². The number of hydrogen-bond donors (Lipinski definition) is 0. The molecular weight excluding hydrogens is 294 g/mol. The third-order valence-corrected chi connectivity index (χ3v) is 5.86. The van der Waals surface area contributed by atoms with Crippen LogP contribution in [0.5, 0.6) is 0 Å². The van der Waals surface area contributed by atoms with Crippen molar-refractivity contribution < 1.29 is 14.3 Å². The molecule has 130 valence electrons. The van der Waals surface area contributed by atoms with E-state index in [2.05, 4.69) is 25.9 Å². The van der Waals surface area contributed by atoms with Crippen molar-refractivity contribution in [2.75, 3.05) is 54.0 Å². The molecule has 2 heterocycles. The first-order valence-electron chi connectivity index (χ1n) is 8.59. The number of likely N-dealkylation sites (N-methyl/N-ethyl adjacent to an activating group) is 2. The molecule has 0 unspecified atom stereocenters. The Bertz CT molecular complexity index is 489. The number of carbonyl (C=O) groups excluding carboxylic acids is 2. The first-order chi connectivity index (χ1) is 10.8. The zero-order chi connectivity index (χ0) is 16.8. The monoisotopic (exact) mass is 323 g/mol. The molecule has 3 aliphatic rings. The maximum Gasteiger partial charge on any atom is 0.248 e. The van der Waals surface area contributed by atoms with E-state index < -0.39 is 0 Å². The van der Waals surface area contributed by atoms with Crippen LogP contribution in [0.4, 0.5) is 0 Å². The summed E-state index contributed by atoms with van der Waals surface area (Å²) in [7, 11) is 5.95. The Morgan fingerprint density at radius 1 is 1.30 bits per heavy atom. The van der Waals surface area contributed by atoms with E-state index in [0.29, 0.717) is 31.5 Å². The molecule has 2 amide bonds. The average Bonchev–Trinajstić information content (AvgIpc) is 2.75. The van der Waals surface area contributed by atoms with Crippen molar-refractivity contribution in [1.82, 2.24) is 14.7 Å². The van der Waals surface area contributed by atoms with E-state index >= 15 is 0 Å². The Labute approximate surface area is 138 Å². The summed E-state index contributed by atoms with van der Waals surface area (Å²) in [5.41, 5.74) is -0.185. The molecule has 0 N–H and O–H groups in total. The second-order valence-corrected chi connectivity index (χ2v) is 8.08. The van der Waals surface area contributed by atoms with Gasteiger partial charge in [-0.25, -0.2) is 0 Å². The Morgan fingerprint density at radius 2 is 2.00 bits per heavy atom. The fourth-order valence-corrected chi connectivity index (χ4v) is 4.55. The standard InChI is InChI=1S/C17H29N3O3/c1-12-5-13(6-12)16(22)20-7-14(18(2)3)17(10-20)9-19(4)15(21)8-23-11-17/h12-14H,5-11H2,1-4H3/t12?,13?,14-,17-/m1/s1. The summed E-state index contributed by atoms with van der Waals surface area (Å²) >= 11 is 0. The Morgan fingerprint density at radius 3 is 2.61 bits per heavy atom. The van der Waals surface area contributed by atoms with E-state index in [4.69, 9.17) is 4.74 Å². The number of nitrogens with zero attached hydrogens (tertiary/aromatic N) is 3. The van der Waals surface area contributed by atoms with Crippen molar-refractivity contribution in [3.63, 3.8) is 0 Å². The average molecular weight is 323 g/mol. The zero-order valence-electron chi connectivity index (χ0n) is 14.7. The minimum Gasteiger partial charge on any atom is -0.371 e. The van der Waals surface area contributed by atoms with Crippen molar-refractivity contribution in [2.45, 2.75) is 25.8 Å². The van der Waals surface area contributed by atoms with Crippen molar-refractivity contribution >= 4 is 11.8 Å². The molecule has 0 aromatic rings. The predicted octanol–water partition coefficient (Wildman–Crippen LogP) is 0.280. The normalized spacial score (nSPS) is 38.1. The smallest absolute Gasteiger partial charge is 0.248 e. The number of hydrogen-bond acceptors (Lipinski definition) is 4. The SMILES string of the molecule is CC1CC(C(=O)N2C[C@@H](N(C)C)[C@@]3(COCC(=O)N(C)C3)C2)C1. The third-order valence-electron chi connectivity index (χ3n) is 5.86. The Hall–Kier alpha value is -1.14. The first kappa shape index (κ1) is 16.7. The number of ether oxygens (including phenoxy) is 1. The minimum atomic E-state index is -0.185. The fourth-order valence-electron chi connectivity index (χ4n) is 4.55. The largest absolute Gasteiger partial charge is 0.371 e. The molecule has 0 aromatic heterocycles. The number of likely N-dealkylation sites (tertiary alicyclic amines) is 1. The Balaban J connectivity index is 1.78. The van der Waals surface area contributed by atoms with Crippen LogP contribution in [-0.4, -0.2) is 86.5 Å². The van der Waals surface area contributed by atoms with E-state index in [1.807, 2.05) is 11.9 Å². The van der Waals surface area contributed by atoms with Crippen LogP contribution < -0.4 is 0 Å². The van der Waals surface area contributed by atoms with Gasteiger partial charge in [-0.2, -0.15) is 0 Å². The highest BCUT2D eigenvalue weighted by atomic mass is 16.5. The lowest BCUT2D eigenvalue weighted by Crippen LogP contribution is -2.51. The maximum absolute atomic E-state index is 12.8. The molecular formula is C17H29N3O3. The van der Waals surface area contributed by atoms with Crippen LogP contribution in [0.3, 0.4) is 0 Å². The molecule has 3 fully saturated rings. The van der Waals surface area contributed by atoms with Gasteiger partial charge in [-0.15, -0.1) is 0 Å². The lowest BCUT2D eigenvalue weighted by molar-refractivity contribution is -0.139. The molecule has 6 heteroatoms. The number of carbonyl (C=O) groups is 2. The zero-order valence-corrected chi connectivity index (χ0v) is 14.7. The maximum atomic E-state index is 12.8. The van der Waals surface area contributed by atoms with E-state index in [-0.39, 0.29) is 29.9 Å². The van der Waals surface area contributed by atoms with Crippen molar-refractivity contribution in [3.8, 4) is 0 Å². The van der Waals surface area contributed by atoms with Gasteiger partial charge in [0, 0.05) is 44.1 Å². The topological polar surface area (TPSA) is 53.1 Å². The van der Waals surface area contributed by atoms with Gasteiger partial charge < -0.3 is 19.4 Å². The third kappa shape index (κ3) is 2.98. The molecule has 1 aliphatic carbocycles.